The van der Waals surface area contributed by atoms with Gasteiger partial charge in [0.15, 0.2) is 0 Å². The second-order valence-electron chi connectivity index (χ2n) is 6.35. The van der Waals surface area contributed by atoms with Crippen molar-refractivity contribution in [2.24, 2.45) is 0 Å². The van der Waals surface area contributed by atoms with Crippen molar-refractivity contribution in [3.63, 3.8) is 0 Å². The molecule has 23 heavy (non-hydrogen) atoms. The molecular formula is C18H29N3O2. The second kappa shape index (κ2) is 8.77. The van der Waals surface area contributed by atoms with Crippen LogP contribution in [0.3, 0.4) is 0 Å². The highest BCUT2D eigenvalue weighted by Gasteiger charge is 2.26. The Kier molecular flexibility index (Phi) is 6.71. The minimum absolute atomic E-state index is 0.0183. The molecule has 1 atom stereocenters. The number of carbonyl (C=O) groups is 1. The van der Waals surface area contributed by atoms with Crippen molar-refractivity contribution >= 4 is 17.4 Å². The van der Waals surface area contributed by atoms with Gasteiger partial charge in [0.25, 0.3) is 0 Å². The normalized spacial score (nSPS) is 17.9. The monoisotopic (exact) mass is 319 g/mol. The molecule has 0 bridgehead atoms. The van der Waals surface area contributed by atoms with Gasteiger partial charge in [-0.15, -0.1) is 0 Å². The highest BCUT2D eigenvalue weighted by Crippen LogP contribution is 2.23. The van der Waals surface area contributed by atoms with Gasteiger partial charge in [-0.25, -0.2) is 4.79 Å². The average Bonchev–Trinajstić information content (AvgIpc) is 2.56. The van der Waals surface area contributed by atoms with Gasteiger partial charge in [-0.3, -0.25) is 0 Å². The molecule has 1 unspecified atom stereocenters. The maximum absolute atomic E-state index is 12.6. The zero-order valence-electron chi connectivity index (χ0n) is 14.5. The summed E-state index contributed by atoms with van der Waals surface area (Å²) in [6.45, 7) is 1.61. The van der Waals surface area contributed by atoms with Crippen LogP contribution in [0.5, 0.6) is 0 Å². The van der Waals surface area contributed by atoms with E-state index in [1.807, 2.05) is 48.2 Å². The number of benzene rings is 1. The van der Waals surface area contributed by atoms with Crippen molar-refractivity contribution in [1.82, 2.24) is 4.90 Å². The number of anilines is 2. The van der Waals surface area contributed by atoms with Crippen molar-refractivity contribution < 1.29 is 9.53 Å². The zero-order chi connectivity index (χ0) is 16.7. The number of piperidine rings is 1. The summed E-state index contributed by atoms with van der Waals surface area (Å²) in [6, 6.07) is 8.29. The number of nitrogens with one attached hydrogen (secondary N) is 1. The third kappa shape index (κ3) is 5.13. The Morgan fingerprint density at radius 1 is 1.30 bits per heavy atom. The molecule has 5 heteroatoms. The van der Waals surface area contributed by atoms with Gasteiger partial charge in [-0.2, -0.15) is 0 Å². The van der Waals surface area contributed by atoms with E-state index in [0.717, 1.165) is 50.2 Å². The zero-order valence-corrected chi connectivity index (χ0v) is 14.5. The molecule has 0 radical (unpaired) electrons. The second-order valence-corrected chi connectivity index (χ2v) is 6.35. The van der Waals surface area contributed by atoms with Crippen molar-refractivity contribution in [2.45, 2.75) is 38.1 Å². The Morgan fingerprint density at radius 2 is 2.04 bits per heavy atom. The van der Waals surface area contributed by atoms with Gasteiger partial charge in [-0.05, 0) is 56.4 Å². The lowest BCUT2D eigenvalue weighted by Gasteiger charge is -2.35. The largest absolute Gasteiger partial charge is 0.385 e. The molecule has 2 amide bonds. The van der Waals surface area contributed by atoms with Crippen molar-refractivity contribution in [2.75, 3.05) is 44.6 Å². The number of carbonyl (C=O) groups excluding carboxylic acids is 1. The van der Waals surface area contributed by atoms with Gasteiger partial charge in [0.2, 0.25) is 0 Å². The molecule has 1 aliphatic rings. The summed E-state index contributed by atoms with van der Waals surface area (Å²) < 4.78 is 5.13. The molecule has 0 aliphatic carbocycles. The molecule has 1 heterocycles. The number of urea groups is 1. The number of likely N-dealkylation sites (tertiary alicyclic amines) is 1. The molecule has 1 aromatic rings. The fraction of sp³-hybridized carbons (Fsp3) is 0.611. The summed E-state index contributed by atoms with van der Waals surface area (Å²) in [6.07, 6.45) is 5.41. The summed E-state index contributed by atoms with van der Waals surface area (Å²) >= 11 is 0. The summed E-state index contributed by atoms with van der Waals surface area (Å²) in [5.74, 6) is 0. The average molecular weight is 319 g/mol. The topological polar surface area (TPSA) is 44.8 Å². The summed E-state index contributed by atoms with van der Waals surface area (Å²) in [4.78, 5) is 16.6. The van der Waals surface area contributed by atoms with Gasteiger partial charge in [0.05, 0.1) is 0 Å². The standard InChI is InChI=1S/C18H29N3O2/c1-20(2)16-11-9-15(10-12-16)19-18(22)21-13-5-4-7-17(21)8-6-14-23-3/h9-12,17H,4-8,13-14H2,1-3H3,(H,19,22). The van der Waals surface area contributed by atoms with Crippen LogP contribution >= 0.6 is 0 Å². The van der Waals surface area contributed by atoms with Crippen LogP contribution in [0.25, 0.3) is 0 Å². The lowest BCUT2D eigenvalue weighted by Crippen LogP contribution is -2.46. The van der Waals surface area contributed by atoms with Gasteiger partial charge in [0, 0.05) is 51.8 Å². The number of nitrogens with zero attached hydrogens (tertiary/aromatic N) is 2. The smallest absolute Gasteiger partial charge is 0.322 e. The van der Waals surface area contributed by atoms with Crippen LogP contribution in [-0.4, -0.2) is 51.3 Å². The van der Waals surface area contributed by atoms with Crippen LogP contribution in [0.15, 0.2) is 24.3 Å². The maximum Gasteiger partial charge on any atom is 0.322 e. The van der Waals surface area contributed by atoms with Crippen LogP contribution in [0.1, 0.15) is 32.1 Å². The van der Waals surface area contributed by atoms with Crippen LogP contribution in [-0.2, 0) is 4.74 Å². The van der Waals surface area contributed by atoms with Gasteiger partial charge in [-0.1, -0.05) is 0 Å². The molecule has 1 aromatic carbocycles. The Bertz CT molecular complexity index is 488. The third-order valence-electron chi connectivity index (χ3n) is 4.41. The number of hydrogen-bond donors (Lipinski definition) is 1. The first-order valence-electron chi connectivity index (χ1n) is 8.45. The fourth-order valence-electron chi connectivity index (χ4n) is 3.07. The first-order chi connectivity index (χ1) is 11.1. The SMILES string of the molecule is COCCCC1CCCCN1C(=O)Nc1ccc(N(C)C)cc1. The highest BCUT2D eigenvalue weighted by molar-refractivity contribution is 5.89. The molecule has 0 saturated carbocycles. The molecule has 1 N–H and O–H groups in total. The third-order valence-corrected chi connectivity index (χ3v) is 4.41. The molecule has 5 nitrogen and oxygen atoms in total. The van der Waals surface area contributed by atoms with E-state index < -0.39 is 0 Å². The molecule has 0 spiro atoms. The van der Waals surface area contributed by atoms with Crippen LogP contribution in [0.2, 0.25) is 0 Å². The molecule has 2 rings (SSSR count). The Morgan fingerprint density at radius 3 is 2.70 bits per heavy atom. The highest BCUT2D eigenvalue weighted by atomic mass is 16.5. The van der Waals surface area contributed by atoms with Gasteiger partial charge < -0.3 is 19.9 Å². The Labute approximate surface area is 139 Å². The van der Waals surface area contributed by atoms with Crippen LogP contribution in [0, 0.1) is 0 Å². The molecule has 1 saturated heterocycles. The van der Waals surface area contributed by atoms with Crippen molar-refractivity contribution in [3.05, 3.63) is 24.3 Å². The Hall–Kier alpha value is -1.75. The lowest BCUT2D eigenvalue weighted by atomic mass is 9.98. The van der Waals surface area contributed by atoms with Crippen LogP contribution < -0.4 is 10.2 Å². The minimum Gasteiger partial charge on any atom is -0.385 e. The number of methoxy groups -OCH3 is 1. The van der Waals surface area contributed by atoms with E-state index >= 15 is 0 Å². The van der Waals surface area contributed by atoms with E-state index in [1.165, 1.54) is 6.42 Å². The molecular weight excluding hydrogens is 290 g/mol. The molecule has 1 aliphatic heterocycles. The number of rotatable bonds is 6. The number of amides is 2. The van der Waals surface area contributed by atoms with E-state index in [1.54, 1.807) is 7.11 Å². The van der Waals surface area contributed by atoms with E-state index in [0.29, 0.717) is 6.04 Å². The maximum atomic E-state index is 12.6. The first-order valence-corrected chi connectivity index (χ1v) is 8.45. The van der Waals surface area contributed by atoms with E-state index in [-0.39, 0.29) is 6.03 Å². The van der Waals surface area contributed by atoms with Gasteiger partial charge >= 0.3 is 6.03 Å². The predicted molar refractivity (Wildman–Crippen MR) is 95.2 cm³/mol. The van der Waals surface area contributed by atoms with E-state index in [9.17, 15) is 4.79 Å². The minimum atomic E-state index is 0.0183. The van der Waals surface area contributed by atoms with Crippen LogP contribution in [0.4, 0.5) is 16.2 Å². The Balaban J connectivity index is 1.93. The van der Waals surface area contributed by atoms with E-state index in [4.69, 9.17) is 4.74 Å². The number of ether oxygens (including phenoxy) is 1. The molecule has 128 valence electrons. The summed E-state index contributed by atoms with van der Waals surface area (Å²) in [5, 5.41) is 3.04. The molecule has 0 aromatic heterocycles. The van der Waals surface area contributed by atoms with Crippen molar-refractivity contribution in [1.29, 1.82) is 0 Å². The van der Waals surface area contributed by atoms with Gasteiger partial charge in [0.1, 0.15) is 0 Å². The predicted octanol–water partition coefficient (Wildman–Crippen LogP) is 3.57. The lowest BCUT2D eigenvalue weighted by molar-refractivity contribution is 0.141. The quantitative estimate of drug-likeness (QED) is 0.815. The first kappa shape index (κ1) is 17.6. The van der Waals surface area contributed by atoms with Crippen molar-refractivity contribution in [3.8, 4) is 0 Å². The molecule has 1 fully saturated rings. The fourth-order valence-corrected chi connectivity index (χ4v) is 3.07. The van der Waals surface area contributed by atoms with E-state index in [2.05, 4.69) is 5.32 Å². The summed E-state index contributed by atoms with van der Waals surface area (Å²) in [5.41, 5.74) is 1.97. The number of hydrogen-bond acceptors (Lipinski definition) is 3. The summed E-state index contributed by atoms with van der Waals surface area (Å²) in [7, 11) is 5.74.